The van der Waals surface area contributed by atoms with Gasteiger partial charge in [0.15, 0.2) is 5.82 Å². The van der Waals surface area contributed by atoms with Gasteiger partial charge in [-0.25, -0.2) is 4.98 Å². The van der Waals surface area contributed by atoms with Crippen LogP contribution in [0.4, 0.5) is 5.82 Å². The predicted molar refractivity (Wildman–Crippen MR) is 70.7 cm³/mol. The molecule has 2 rings (SSSR count). The van der Waals surface area contributed by atoms with E-state index in [2.05, 4.69) is 25.8 Å². The van der Waals surface area contributed by atoms with Crippen LogP contribution in [0.1, 0.15) is 29.1 Å². The third-order valence-electron chi connectivity index (χ3n) is 2.77. The summed E-state index contributed by atoms with van der Waals surface area (Å²) in [5.41, 5.74) is 0.499. The molecule has 1 unspecified atom stereocenters. The van der Waals surface area contributed by atoms with E-state index in [-0.39, 0.29) is 11.9 Å². The Bertz CT molecular complexity index is 579. The summed E-state index contributed by atoms with van der Waals surface area (Å²) in [6.45, 7) is 1.86. The minimum Gasteiger partial charge on any atom is -0.372 e. The highest BCUT2D eigenvalue weighted by Crippen LogP contribution is 2.13. The molecule has 100 valence electrons. The molecule has 0 bridgehead atoms. The summed E-state index contributed by atoms with van der Waals surface area (Å²) < 4.78 is 1.77. The van der Waals surface area contributed by atoms with Gasteiger partial charge < -0.3 is 15.2 Å². The molecular formula is C12H16N6O. The highest BCUT2D eigenvalue weighted by molar-refractivity contribution is 5.98. The summed E-state index contributed by atoms with van der Waals surface area (Å²) in [5, 5.41) is 13.5. The van der Waals surface area contributed by atoms with Crippen molar-refractivity contribution in [3.63, 3.8) is 0 Å². The van der Waals surface area contributed by atoms with Gasteiger partial charge in [-0.2, -0.15) is 0 Å². The van der Waals surface area contributed by atoms with Crippen LogP contribution in [0, 0.1) is 0 Å². The third-order valence-corrected chi connectivity index (χ3v) is 2.77. The van der Waals surface area contributed by atoms with Gasteiger partial charge in [0.05, 0.1) is 11.6 Å². The van der Waals surface area contributed by atoms with Crippen LogP contribution < -0.4 is 10.6 Å². The van der Waals surface area contributed by atoms with Crippen LogP contribution >= 0.6 is 0 Å². The van der Waals surface area contributed by atoms with Gasteiger partial charge in [-0.15, -0.1) is 10.2 Å². The fourth-order valence-electron chi connectivity index (χ4n) is 1.81. The molecule has 0 radical (unpaired) electrons. The SMILES string of the molecule is CNc1ncccc1C(=O)NC(C)c1nncn1C. The van der Waals surface area contributed by atoms with Crippen LogP contribution in [-0.4, -0.2) is 32.7 Å². The molecule has 0 aliphatic rings. The molecule has 0 aliphatic carbocycles. The first-order valence-electron chi connectivity index (χ1n) is 5.91. The normalized spacial score (nSPS) is 11.9. The Hall–Kier alpha value is -2.44. The maximum absolute atomic E-state index is 12.2. The minimum atomic E-state index is -0.232. The Labute approximate surface area is 111 Å². The molecule has 0 fully saturated rings. The smallest absolute Gasteiger partial charge is 0.255 e. The number of anilines is 1. The van der Waals surface area contributed by atoms with Gasteiger partial charge in [0.25, 0.3) is 5.91 Å². The number of nitrogens with one attached hydrogen (secondary N) is 2. The number of pyridine rings is 1. The molecule has 2 aromatic rings. The zero-order valence-corrected chi connectivity index (χ0v) is 11.1. The fourth-order valence-corrected chi connectivity index (χ4v) is 1.81. The second kappa shape index (κ2) is 5.47. The van der Waals surface area contributed by atoms with Gasteiger partial charge >= 0.3 is 0 Å². The van der Waals surface area contributed by atoms with E-state index in [1.165, 1.54) is 0 Å². The Morgan fingerprint density at radius 1 is 1.47 bits per heavy atom. The molecule has 0 saturated carbocycles. The number of carbonyl (C=O) groups is 1. The van der Waals surface area contributed by atoms with Crippen molar-refractivity contribution in [3.8, 4) is 0 Å². The lowest BCUT2D eigenvalue weighted by atomic mass is 10.2. The number of hydrogen-bond acceptors (Lipinski definition) is 5. The first-order valence-corrected chi connectivity index (χ1v) is 5.91. The lowest BCUT2D eigenvalue weighted by Crippen LogP contribution is -2.29. The van der Waals surface area contributed by atoms with E-state index >= 15 is 0 Å². The Morgan fingerprint density at radius 3 is 2.89 bits per heavy atom. The first kappa shape index (κ1) is 13.0. The molecule has 7 heteroatoms. The molecule has 0 aromatic carbocycles. The van der Waals surface area contributed by atoms with E-state index in [1.54, 1.807) is 36.3 Å². The van der Waals surface area contributed by atoms with Crippen molar-refractivity contribution in [3.05, 3.63) is 36.0 Å². The second-order valence-electron chi connectivity index (χ2n) is 4.14. The minimum absolute atomic E-state index is 0.201. The number of rotatable bonds is 4. The topological polar surface area (TPSA) is 84.7 Å². The van der Waals surface area contributed by atoms with Gasteiger partial charge in [-0.1, -0.05) is 0 Å². The molecule has 2 aromatic heterocycles. The van der Waals surface area contributed by atoms with Crippen molar-refractivity contribution in [2.75, 3.05) is 12.4 Å². The van der Waals surface area contributed by atoms with E-state index in [1.807, 2.05) is 14.0 Å². The molecule has 19 heavy (non-hydrogen) atoms. The quantitative estimate of drug-likeness (QED) is 0.847. The Balaban J connectivity index is 2.15. The van der Waals surface area contributed by atoms with Crippen molar-refractivity contribution in [2.24, 2.45) is 7.05 Å². The summed E-state index contributed by atoms with van der Waals surface area (Å²) >= 11 is 0. The second-order valence-corrected chi connectivity index (χ2v) is 4.14. The number of hydrogen-bond donors (Lipinski definition) is 2. The molecule has 7 nitrogen and oxygen atoms in total. The average molecular weight is 260 g/mol. The summed E-state index contributed by atoms with van der Waals surface area (Å²) in [4.78, 5) is 16.3. The zero-order valence-electron chi connectivity index (χ0n) is 11.1. The van der Waals surface area contributed by atoms with Crippen molar-refractivity contribution < 1.29 is 4.79 Å². The van der Waals surface area contributed by atoms with Crippen molar-refractivity contribution in [2.45, 2.75) is 13.0 Å². The monoisotopic (exact) mass is 260 g/mol. The van der Waals surface area contributed by atoms with Crippen LogP contribution in [-0.2, 0) is 7.05 Å². The van der Waals surface area contributed by atoms with Gasteiger partial charge in [0, 0.05) is 20.3 Å². The van der Waals surface area contributed by atoms with Crippen LogP contribution in [0.5, 0.6) is 0 Å². The molecule has 2 N–H and O–H groups in total. The first-order chi connectivity index (χ1) is 9.13. The average Bonchev–Trinajstić information content (AvgIpc) is 2.85. The van der Waals surface area contributed by atoms with Crippen LogP contribution in [0.3, 0.4) is 0 Å². The maximum atomic E-state index is 12.2. The Morgan fingerprint density at radius 2 is 2.26 bits per heavy atom. The molecule has 1 amide bonds. The number of nitrogens with zero attached hydrogens (tertiary/aromatic N) is 4. The van der Waals surface area contributed by atoms with E-state index in [0.29, 0.717) is 17.2 Å². The lowest BCUT2D eigenvalue weighted by Gasteiger charge is -2.14. The van der Waals surface area contributed by atoms with Gasteiger partial charge in [0.2, 0.25) is 0 Å². The molecule has 0 spiro atoms. The van der Waals surface area contributed by atoms with E-state index in [0.717, 1.165) is 0 Å². The largest absolute Gasteiger partial charge is 0.372 e. The third kappa shape index (κ3) is 2.70. The van der Waals surface area contributed by atoms with Crippen LogP contribution in [0.2, 0.25) is 0 Å². The fraction of sp³-hybridized carbons (Fsp3) is 0.333. The molecular weight excluding hydrogens is 244 g/mol. The molecule has 0 aliphatic heterocycles. The standard InChI is InChI=1S/C12H16N6O/c1-8(11-17-15-7-18(11)3)16-12(19)9-5-4-6-14-10(9)13-2/h4-8H,1-3H3,(H,13,14)(H,16,19). The van der Waals surface area contributed by atoms with E-state index < -0.39 is 0 Å². The number of aryl methyl sites for hydroxylation is 1. The van der Waals surface area contributed by atoms with Gasteiger partial charge in [-0.3, -0.25) is 4.79 Å². The maximum Gasteiger partial charge on any atom is 0.255 e. The van der Waals surface area contributed by atoms with Crippen molar-refractivity contribution >= 4 is 11.7 Å². The summed E-state index contributed by atoms with van der Waals surface area (Å²) in [5.74, 6) is 1.04. The summed E-state index contributed by atoms with van der Waals surface area (Å²) in [6.07, 6.45) is 3.23. The highest BCUT2D eigenvalue weighted by Gasteiger charge is 2.17. The van der Waals surface area contributed by atoms with Crippen molar-refractivity contribution in [1.29, 1.82) is 0 Å². The Kier molecular flexibility index (Phi) is 3.74. The summed E-state index contributed by atoms with van der Waals surface area (Å²) in [7, 11) is 3.56. The van der Waals surface area contributed by atoms with Crippen molar-refractivity contribution in [1.82, 2.24) is 25.1 Å². The van der Waals surface area contributed by atoms with Crippen LogP contribution in [0.15, 0.2) is 24.7 Å². The van der Waals surface area contributed by atoms with Gasteiger partial charge in [0.1, 0.15) is 12.1 Å². The summed E-state index contributed by atoms with van der Waals surface area (Å²) in [6, 6.07) is 3.21. The number of aromatic nitrogens is 4. The number of amides is 1. The lowest BCUT2D eigenvalue weighted by molar-refractivity contribution is 0.0938. The van der Waals surface area contributed by atoms with E-state index in [4.69, 9.17) is 0 Å². The van der Waals surface area contributed by atoms with Gasteiger partial charge in [-0.05, 0) is 19.1 Å². The zero-order chi connectivity index (χ0) is 13.8. The molecule has 1 atom stereocenters. The van der Waals surface area contributed by atoms with E-state index in [9.17, 15) is 4.79 Å². The molecule has 0 saturated heterocycles. The number of carbonyl (C=O) groups excluding carboxylic acids is 1. The predicted octanol–water partition coefficient (Wildman–Crippen LogP) is 0.743. The highest BCUT2D eigenvalue weighted by atomic mass is 16.1. The molecule has 2 heterocycles. The van der Waals surface area contributed by atoms with Crippen LogP contribution in [0.25, 0.3) is 0 Å².